The van der Waals surface area contributed by atoms with E-state index >= 15 is 0 Å². The third kappa shape index (κ3) is 2.16. The fourth-order valence-corrected chi connectivity index (χ4v) is 2.02. The molecule has 1 heterocycles. The van der Waals surface area contributed by atoms with Crippen LogP contribution in [0.1, 0.15) is 23.9 Å². The maximum atomic E-state index is 8.98. The maximum absolute atomic E-state index is 8.98. The molecule has 0 spiro atoms. The summed E-state index contributed by atoms with van der Waals surface area (Å²) < 4.78 is 2.01. The van der Waals surface area contributed by atoms with Gasteiger partial charge < -0.3 is 9.67 Å². The number of rotatable bonds is 4. The predicted molar refractivity (Wildman–Crippen MR) is 69.0 cm³/mol. The second kappa shape index (κ2) is 5.08. The molecule has 1 atom stereocenters. The van der Waals surface area contributed by atoms with Crippen LogP contribution in [0.4, 0.5) is 0 Å². The Labute approximate surface area is 105 Å². The van der Waals surface area contributed by atoms with Crippen LogP contribution in [0.15, 0.2) is 23.3 Å². The summed E-state index contributed by atoms with van der Waals surface area (Å²) in [6, 6.07) is 5.45. The predicted octanol–water partition coefficient (Wildman–Crippen LogP) is 2.62. The van der Waals surface area contributed by atoms with Gasteiger partial charge in [-0.25, -0.2) is 4.98 Å². The molecule has 1 aromatic heterocycles. The molecule has 1 unspecified atom stereocenters. The lowest BCUT2D eigenvalue weighted by Gasteiger charge is -2.09. The first-order chi connectivity index (χ1) is 8.67. The minimum absolute atomic E-state index is 0.0109. The molecule has 0 aliphatic rings. The van der Waals surface area contributed by atoms with E-state index in [0.29, 0.717) is 6.42 Å². The number of aliphatic hydroxyl groups excluding tert-OH is 1. The molecule has 0 radical (unpaired) electrons. The monoisotopic (exact) mass is 245 g/mol. The van der Waals surface area contributed by atoms with Crippen molar-refractivity contribution in [3.63, 3.8) is 0 Å². The van der Waals surface area contributed by atoms with E-state index in [0.717, 1.165) is 22.4 Å². The van der Waals surface area contributed by atoms with Gasteiger partial charge in [-0.1, -0.05) is 11.2 Å². The van der Waals surface area contributed by atoms with Gasteiger partial charge in [0.15, 0.2) is 0 Å². The van der Waals surface area contributed by atoms with Gasteiger partial charge in [-0.05, 0) is 36.6 Å². The van der Waals surface area contributed by atoms with Crippen LogP contribution in [0.2, 0.25) is 0 Å². The average molecular weight is 245 g/mol. The molecule has 2 rings (SSSR count). The van der Waals surface area contributed by atoms with Crippen LogP contribution in [-0.4, -0.2) is 21.3 Å². The second-order valence-electron chi connectivity index (χ2n) is 4.20. The van der Waals surface area contributed by atoms with Crippen LogP contribution in [0.5, 0.6) is 0 Å². The van der Waals surface area contributed by atoms with E-state index < -0.39 is 0 Å². The zero-order valence-electron chi connectivity index (χ0n) is 10.4. The number of aromatic nitrogens is 2. The lowest BCUT2D eigenvalue weighted by Crippen LogP contribution is -1.98. The van der Waals surface area contributed by atoms with Crippen molar-refractivity contribution < 1.29 is 5.11 Å². The van der Waals surface area contributed by atoms with E-state index in [4.69, 9.17) is 10.6 Å². The topological polar surface area (TPSA) is 86.8 Å². The first-order valence-corrected chi connectivity index (χ1v) is 5.75. The van der Waals surface area contributed by atoms with Gasteiger partial charge in [-0.15, -0.1) is 0 Å². The van der Waals surface area contributed by atoms with E-state index in [1.807, 2.05) is 36.7 Å². The molecule has 1 N–H and O–H groups in total. The first-order valence-electron chi connectivity index (χ1n) is 5.75. The number of fused-ring (bicyclic) bond motifs is 1. The van der Waals surface area contributed by atoms with Crippen molar-refractivity contribution in [2.45, 2.75) is 19.4 Å². The first kappa shape index (κ1) is 12.4. The van der Waals surface area contributed by atoms with Crippen molar-refractivity contribution in [1.29, 1.82) is 0 Å². The van der Waals surface area contributed by atoms with Crippen molar-refractivity contribution in [2.24, 2.45) is 12.2 Å². The lowest BCUT2D eigenvalue weighted by atomic mass is 10.0. The highest BCUT2D eigenvalue weighted by Gasteiger charge is 2.11. The quantitative estimate of drug-likeness (QED) is 0.510. The molecule has 6 nitrogen and oxygen atoms in total. The largest absolute Gasteiger partial charge is 0.396 e. The molecule has 18 heavy (non-hydrogen) atoms. The van der Waals surface area contributed by atoms with Gasteiger partial charge in [0, 0.05) is 18.6 Å². The average Bonchev–Trinajstić information content (AvgIpc) is 2.64. The summed E-state index contributed by atoms with van der Waals surface area (Å²) in [7, 11) is 1.96. The van der Waals surface area contributed by atoms with Crippen molar-refractivity contribution >= 4 is 11.0 Å². The molecule has 0 amide bonds. The van der Waals surface area contributed by atoms with Crippen molar-refractivity contribution in [3.8, 4) is 0 Å². The summed E-state index contributed by atoms with van der Waals surface area (Å²) in [6.07, 6.45) is 0.418. The lowest BCUT2D eigenvalue weighted by molar-refractivity contribution is 0.276. The maximum Gasteiger partial charge on any atom is 0.106 e. The summed E-state index contributed by atoms with van der Waals surface area (Å²) in [4.78, 5) is 7.26. The Bertz CT molecular complexity index is 612. The standard InChI is InChI=1S/C12H15N5O/c1-8-14-11-7-9(3-4-12(11)17(8)2)10(5-6-18)15-16-13/h3-4,7,10,18H,5-6H2,1-2H3. The normalized spacial score (nSPS) is 12.4. The highest BCUT2D eigenvalue weighted by molar-refractivity contribution is 5.76. The minimum atomic E-state index is -0.341. The summed E-state index contributed by atoms with van der Waals surface area (Å²) in [6.45, 7) is 1.93. The number of nitrogens with zero attached hydrogens (tertiary/aromatic N) is 5. The fourth-order valence-electron chi connectivity index (χ4n) is 2.02. The van der Waals surface area contributed by atoms with Crippen molar-refractivity contribution in [2.75, 3.05) is 6.61 Å². The van der Waals surface area contributed by atoms with Crippen LogP contribution in [0.25, 0.3) is 21.5 Å². The Morgan fingerprint density at radius 2 is 2.33 bits per heavy atom. The molecule has 0 saturated carbocycles. The Morgan fingerprint density at radius 1 is 1.56 bits per heavy atom. The number of imidazole rings is 1. The molecule has 1 aromatic carbocycles. The zero-order valence-corrected chi connectivity index (χ0v) is 10.4. The molecule has 2 aromatic rings. The van der Waals surface area contributed by atoms with Gasteiger partial charge in [0.2, 0.25) is 0 Å². The van der Waals surface area contributed by atoms with E-state index in [1.165, 1.54) is 0 Å². The smallest absolute Gasteiger partial charge is 0.106 e. The third-order valence-corrected chi connectivity index (χ3v) is 3.11. The molecule has 0 aliphatic heterocycles. The van der Waals surface area contributed by atoms with E-state index in [2.05, 4.69) is 15.0 Å². The van der Waals surface area contributed by atoms with Crippen molar-refractivity contribution in [1.82, 2.24) is 9.55 Å². The third-order valence-electron chi connectivity index (χ3n) is 3.11. The number of aliphatic hydroxyl groups is 1. The van der Waals surface area contributed by atoms with Crippen molar-refractivity contribution in [3.05, 3.63) is 40.0 Å². The van der Waals surface area contributed by atoms with E-state index in [9.17, 15) is 0 Å². The highest BCUT2D eigenvalue weighted by Crippen LogP contribution is 2.25. The summed E-state index contributed by atoms with van der Waals surface area (Å²) in [5.74, 6) is 0.935. The number of azide groups is 1. The molecule has 94 valence electrons. The minimum Gasteiger partial charge on any atom is -0.396 e. The molecule has 0 saturated heterocycles. The number of hydrogen-bond acceptors (Lipinski definition) is 3. The van der Waals surface area contributed by atoms with Gasteiger partial charge in [-0.3, -0.25) is 0 Å². The van der Waals surface area contributed by atoms with Crippen LogP contribution < -0.4 is 0 Å². The van der Waals surface area contributed by atoms with Crippen LogP contribution in [0, 0.1) is 6.92 Å². The molecule has 6 heteroatoms. The van der Waals surface area contributed by atoms with Gasteiger partial charge in [0.05, 0.1) is 17.1 Å². The number of aryl methyl sites for hydroxylation is 2. The summed E-state index contributed by atoms with van der Waals surface area (Å²) >= 11 is 0. The molecular formula is C12H15N5O. The number of hydrogen-bond donors (Lipinski definition) is 1. The Morgan fingerprint density at radius 3 is 3.00 bits per heavy atom. The van der Waals surface area contributed by atoms with Gasteiger partial charge in [0.1, 0.15) is 5.82 Å². The second-order valence-corrected chi connectivity index (χ2v) is 4.20. The van der Waals surface area contributed by atoms with E-state index in [1.54, 1.807) is 0 Å². The van der Waals surface area contributed by atoms with Crippen LogP contribution in [0.3, 0.4) is 0 Å². The highest BCUT2D eigenvalue weighted by atomic mass is 16.3. The fraction of sp³-hybridized carbons (Fsp3) is 0.417. The number of benzene rings is 1. The summed E-state index contributed by atoms with van der Waals surface area (Å²) in [5.41, 5.74) is 11.3. The zero-order chi connectivity index (χ0) is 13.1. The van der Waals surface area contributed by atoms with E-state index in [-0.39, 0.29) is 12.6 Å². The molecule has 0 bridgehead atoms. The Hall–Kier alpha value is -2.04. The Kier molecular flexibility index (Phi) is 3.50. The van der Waals surface area contributed by atoms with Gasteiger partial charge in [-0.2, -0.15) is 0 Å². The summed E-state index contributed by atoms with van der Waals surface area (Å²) in [5, 5.41) is 12.7. The Balaban J connectivity index is 2.48. The van der Waals surface area contributed by atoms with Gasteiger partial charge >= 0.3 is 0 Å². The van der Waals surface area contributed by atoms with Gasteiger partial charge in [0.25, 0.3) is 0 Å². The molecule has 0 fully saturated rings. The molecular weight excluding hydrogens is 230 g/mol. The SMILES string of the molecule is Cc1nc2cc(C(CCO)N=[N+]=[N-])ccc2n1C. The van der Waals surface area contributed by atoms with Crippen LogP contribution >= 0.6 is 0 Å². The molecule has 0 aliphatic carbocycles. The van der Waals surface area contributed by atoms with Crippen LogP contribution in [-0.2, 0) is 7.05 Å².